The van der Waals surface area contributed by atoms with Gasteiger partial charge < -0.3 is 9.47 Å². The van der Waals surface area contributed by atoms with Crippen molar-refractivity contribution in [3.63, 3.8) is 0 Å². The van der Waals surface area contributed by atoms with Crippen molar-refractivity contribution in [3.8, 4) is 11.5 Å². The smallest absolute Gasteiger partial charge is 0.271 e. The lowest BCUT2D eigenvalue weighted by molar-refractivity contribution is -0.128. The average molecular weight is 326 g/mol. The number of nitrogens with one attached hydrogen (secondary N) is 1. The second-order valence-corrected chi connectivity index (χ2v) is 6.31. The highest BCUT2D eigenvalue weighted by atomic mass is 32.1. The van der Waals surface area contributed by atoms with E-state index in [2.05, 4.69) is 10.3 Å². The maximum Gasteiger partial charge on any atom is 0.271 e. The van der Waals surface area contributed by atoms with Crippen molar-refractivity contribution in [1.82, 2.24) is 4.98 Å². The number of carbonyl (C=O) groups excluding carboxylic acids is 1. The highest BCUT2D eigenvalue weighted by molar-refractivity contribution is 7.22. The highest BCUT2D eigenvalue weighted by Crippen LogP contribution is 2.34. The first-order valence-corrected chi connectivity index (χ1v) is 8.11. The van der Waals surface area contributed by atoms with Gasteiger partial charge in [0.1, 0.15) is 6.10 Å². The maximum atomic E-state index is 12.5. The number of ether oxygens (including phenoxy) is 2. The summed E-state index contributed by atoms with van der Waals surface area (Å²) in [6.07, 6.45) is -1.09. The van der Waals surface area contributed by atoms with Gasteiger partial charge in [-0.05, 0) is 31.2 Å². The molecule has 0 bridgehead atoms. The van der Waals surface area contributed by atoms with Crippen molar-refractivity contribution in [2.75, 3.05) is 5.32 Å². The maximum absolute atomic E-state index is 12.5. The third-order valence-corrected chi connectivity index (χ3v) is 4.58. The molecule has 23 heavy (non-hydrogen) atoms. The van der Waals surface area contributed by atoms with E-state index in [1.165, 1.54) is 11.3 Å². The SMILES string of the molecule is C[C@@H]1Oc2ccccc2O[C@@H]1C(=O)Nc1nc2ccccc2s1. The van der Waals surface area contributed by atoms with Gasteiger partial charge in [0, 0.05) is 0 Å². The van der Waals surface area contributed by atoms with Gasteiger partial charge in [-0.15, -0.1) is 0 Å². The Labute approximate surface area is 136 Å². The van der Waals surface area contributed by atoms with Gasteiger partial charge in [0.05, 0.1) is 10.2 Å². The van der Waals surface area contributed by atoms with Gasteiger partial charge in [0.2, 0.25) is 6.10 Å². The second kappa shape index (κ2) is 5.55. The standard InChI is InChI=1S/C17H14N2O3S/c1-10-15(22-13-8-4-3-7-12(13)21-10)16(20)19-17-18-11-6-2-5-9-14(11)23-17/h2-10,15H,1H3,(H,18,19,20)/t10-,15-/m0/s1. The van der Waals surface area contributed by atoms with Gasteiger partial charge in [-0.2, -0.15) is 0 Å². The summed E-state index contributed by atoms with van der Waals surface area (Å²) in [5, 5.41) is 3.39. The van der Waals surface area contributed by atoms with Gasteiger partial charge in [0.25, 0.3) is 5.91 Å². The molecule has 1 aliphatic heterocycles. The Morgan fingerprint density at radius 3 is 2.57 bits per heavy atom. The van der Waals surface area contributed by atoms with Crippen LogP contribution in [-0.4, -0.2) is 23.1 Å². The fraction of sp³-hybridized carbons (Fsp3) is 0.176. The summed E-state index contributed by atoms with van der Waals surface area (Å²) in [5.74, 6) is 0.977. The Balaban J connectivity index is 1.55. The summed E-state index contributed by atoms with van der Waals surface area (Å²) >= 11 is 1.44. The molecule has 0 spiro atoms. The number of benzene rings is 2. The minimum Gasteiger partial charge on any atom is -0.482 e. The number of hydrogen-bond donors (Lipinski definition) is 1. The lowest BCUT2D eigenvalue weighted by Crippen LogP contribution is -2.46. The number of nitrogens with zero attached hydrogens (tertiary/aromatic N) is 1. The van der Waals surface area contributed by atoms with Crippen LogP contribution in [-0.2, 0) is 4.79 Å². The zero-order chi connectivity index (χ0) is 15.8. The van der Waals surface area contributed by atoms with Crippen LogP contribution in [0.5, 0.6) is 11.5 Å². The molecular weight excluding hydrogens is 312 g/mol. The molecule has 2 aromatic carbocycles. The van der Waals surface area contributed by atoms with Gasteiger partial charge >= 0.3 is 0 Å². The largest absolute Gasteiger partial charge is 0.482 e. The van der Waals surface area contributed by atoms with Crippen molar-refractivity contribution < 1.29 is 14.3 Å². The van der Waals surface area contributed by atoms with Gasteiger partial charge in [-0.25, -0.2) is 4.98 Å². The highest BCUT2D eigenvalue weighted by Gasteiger charge is 2.34. The number of thiazole rings is 1. The Hall–Kier alpha value is -2.60. The minimum atomic E-state index is -0.711. The zero-order valence-electron chi connectivity index (χ0n) is 12.4. The molecule has 1 aliphatic rings. The van der Waals surface area contributed by atoms with E-state index in [1.54, 1.807) is 6.07 Å². The van der Waals surface area contributed by atoms with E-state index in [0.717, 1.165) is 10.2 Å². The van der Waals surface area contributed by atoms with Crippen molar-refractivity contribution in [2.45, 2.75) is 19.1 Å². The molecule has 0 radical (unpaired) electrons. The Morgan fingerprint density at radius 1 is 1.09 bits per heavy atom. The summed E-state index contributed by atoms with van der Waals surface area (Å²) < 4.78 is 12.6. The first kappa shape index (κ1) is 14.0. The lowest BCUT2D eigenvalue weighted by atomic mass is 10.1. The van der Waals surface area contributed by atoms with Gasteiger partial charge in [0.15, 0.2) is 16.6 Å². The fourth-order valence-electron chi connectivity index (χ4n) is 2.51. The zero-order valence-corrected chi connectivity index (χ0v) is 13.2. The summed E-state index contributed by atoms with van der Waals surface area (Å²) in [6, 6.07) is 15.1. The third kappa shape index (κ3) is 2.61. The van der Waals surface area contributed by atoms with Crippen LogP contribution >= 0.6 is 11.3 Å². The number of para-hydroxylation sites is 3. The summed E-state index contributed by atoms with van der Waals surface area (Å²) in [6.45, 7) is 1.82. The fourth-order valence-corrected chi connectivity index (χ4v) is 3.38. The van der Waals surface area contributed by atoms with Crippen LogP contribution < -0.4 is 14.8 Å². The van der Waals surface area contributed by atoms with E-state index in [0.29, 0.717) is 16.6 Å². The molecule has 0 saturated heterocycles. The van der Waals surface area contributed by atoms with Crippen LogP contribution in [0.4, 0.5) is 5.13 Å². The Kier molecular flexibility index (Phi) is 3.38. The molecule has 1 amide bonds. The van der Waals surface area contributed by atoms with Crippen LogP contribution in [0.2, 0.25) is 0 Å². The van der Waals surface area contributed by atoms with Crippen LogP contribution in [0.15, 0.2) is 48.5 Å². The molecule has 116 valence electrons. The topological polar surface area (TPSA) is 60.5 Å². The summed E-state index contributed by atoms with van der Waals surface area (Å²) in [5.41, 5.74) is 0.868. The molecule has 5 nitrogen and oxygen atoms in total. The number of fused-ring (bicyclic) bond motifs is 2. The number of carbonyl (C=O) groups is 1. The summed E-state index contributed by atoms with van der Waals surface area (Å²) in [7, 11) is 0. The lowest BCUT2D eigenvalue weighted by Gasteiger charge is -2.30. The molecule has 2 heterocycles. The molecule has 3 aromatic rings. The van der Waals surface area contributed by atoms with Crippen LogP contribution in [0.25, 0.3) is 10.2 Å². The van der Waals surface area contributed by atoms with E-state index >= 15 is 0 Å². The molecule has 6 heteroatoms. The number of rotatable bonds is 2. The van der Waals surface area contributed by atoms with Crippen molar-refractivity contribution in [3.05, 3.63) is 48.5 Å². The van der Waals surface area contributed by atoms with Gasteiger partial charge in [-0.1, -0.05) is 35.6 Å². The molecule has 0 saturated carbocycles. The number of amides is 1. The Bertz CT molecular complexity index is 844. The van der Waals surface area contributed by atoms with Gasteiger partial charge in [-0.3, -0.25) is 10.1 Å². The second-order valence-electron chi connectivity index (χ2n) is 5.28. The Morgan fingerprint density at radius 2 is 1.78 bits per heavy atom. The van der Waals surface area contributed by atoms with E-state index in [9.17, 15) is 4.79 Å². The first-order valence-electron chi connectivity index (χ1n) is 7.29. The number of anilines is 1. The minimum absolute atomic E-state index is 0.258. The van der Waals surface area contributed by atoms with E-state index in [1.807, 2.05) is 49.4 Å². The molecule has 4 rings (SSSR count). The quantitative estimate of drug-likeness (QED) is 0.783. The predicted octanol–water partition coefficient (Wildman–Crippen LogP) is 3.46. The van der Waals surface area contributed by atoms with Crippen LogP contribution in [0.3, 0.4) is 0 Å². The number of hydrogen-bond acceptors (Lipinski definition) is 5. The predicted molar refractivity (Wildman–Crippen MR) is 89.2 cm³/mol. The van der Waals surface area contributed by atoms with E-state index in [4.69, 9.17) is 9.47 Å². The molecule has 0 fully saturated rings. The number of aromatic nitrogens is 1. The third-order valence-electron chi connectivity index (χ3n) is 3.62. The van der Waals surface area contributed by atoms with Crippen molar-refractivity contribution in [2.24, 2.45) is 0 Å². The van der Waals surface area contributed by atoms with E-state index in [-0.39, 0.29) is 12.0 Å². The monoisotopic (exact) mass is 326 g/mol. The first-order chi connectivity index (χ1) is 11.2. The van der Waals surface area contributed by atoms with Crippen LogP contribution in [0.1, 0.15) is 6.92 Å². The van der Waals surface area contributed by atoms with E-state index < -0.39 is 6.10 Å². The average Bonchev–Trinajstić information content (AvgIpc) is 2.96. The molecule has 1 N–H and O–H groups in total. The molecular formula is C17H14N2O3S. The van der Waals surface area contributed by atoms with Crippen molar-refractivity contribution in [1.29, 1.82) is 0 Å². The summed E-state index contributed by atoms with van der Waals surface area (Å²) in [4.78, 5) is 16.9. The molecule has 0 aliphatic carbocycles. The normalized spacial score (nSPS) is 19.5. The van der Waals surface area contributed by atoms with Crippen molar-refractivity contribution >= 4 is 32.6 Å². The molecule has 2 atom stereocenters. The van der Waals surface area contributed by atoms with Crippen LogP contribution in [0, 0.1) is 0 Å². The molecule has 1 aromatic heterocycles. The molecule has 0 unspecified atom stereocenters.